The summed E-state index contributed by atoms with van der Waals surface area (Å²) in [6.07, 6.45) is 0. The van der Waals surface area contributed by atoms with E-state index in [-0.39, 0.29) is 11.9 Å². The molecule has 4 heteroatoms. The van der Waals surface area contributed by atoms with Gasteiger partial charge in [0.15, 0.2) is 0 Å². The van der Waals surface area contributed by atoms with E-state index < -0.39 is 0 Å². The minimum atomic E-state index is -0.326. The fourth-order valence-electron chi connectivity index (χ4n) is 1.82. The number of para-hydroxylation sites is 1. The number of carbonyl (C=O) groups excluding carboxylic acids is 1. The van der Waals surface area contributed by atoms with Crippen molar-refractivity contribution in [3.63, 3.8) is 0 Å². The van der Waals surface area contributed by atoms with Crippen molar-refractivity contribution >= 4 is 33.2 Å². The third-order valence-corrected chi connectivity index (χ3v) is 3.62. The molecule has 0 aliphatic carbocycles. The minimum absolute atomic E-state index is 0.0652. The third kappa shape index (κ3) is 3.84. The minimum Gasteiger partial charge on any atom is -0.373 e. The Balaban J connectivity index is 2.02. The lowest BCUT2D eigenvalue weighted by molar-refractivity contribution is -0.116. The van der Waals surface area contributed by atoms with Crippen LogP contribution in [0.2, 0.25) is 0 Å². The molecule has 1 atom stereocenters. The second-order valence-electron chi connectivity index (χ2n) is 4.70. The normalized spacial score (nSPS) is 11.8. The Kier molecular flexibility index (Phi) is 4.79. The Hall–Kier alpha value is -1.81. The van der Waals surface area contributed by atoms with E-state index in [0.29, 0.717) is 0 Å². The van der Waals surface area contributed by atoms with Crippen LogP contribution in [0.3, 0.4) is 0 Å². The van der Waals surface area contributed by atoms with Crippen LogP contribution in [0.4, 0.5) is 11.4 Å². The van der Waals surface area contributed by atoms with Crippen LogP contribution in [0.5, 0.6) is 0 Å². The molecule has 2 aromatic rings. The van der Waals surface area contributed by atoms with Gasteiger partial charge in [0.2, 0.25) is 5.91 Å². The van der Waals surface area contributed by atoms with E-state index in [2.05, 4.69) is 26.6 Å². The summed E-state index contributed by atoms with van der Waals surface area (Å²) < 4.78 is 0.947. The lowest BCUT2D eigenvalue weighted by Gasteiger charge is -2.16. The standard InChI is InChI=1S/C16H17BrN2O/c1-11-8-9-14(17)15(10-11)18-12(2)16(20)19-13-6-4-3-5-7-13/h3-10,12,18H,1-2H3,(H,19,20). The Morgan fingerprint density at radius 3 is 2.55 bits per heavy atom. The van der Waals surface area contributed by atoms with E-state index in [0.717, 1.165) is 21.4 Å². The molecule has 0 aliphatic rings. The van der Waals surface area contributed by atoms with Crippen molar-refractivity contribution in [3.05, 3.63) is 58.6 Å². The number of hydrogen-bond donors (Lipinski definition) is 2. The summed E-state index contributed by atoms with van der Waals surface area (Å²) in [4.78, 5) is 12.1. The Bertz CT molecular complexity index is 599. The molecule has 3 nitrogen and oxygen atoms in total. The number of carbonyl (C=O) groups is 1. The lowest BCUT2D eigenvalue weighted by Crippen LogP contribution is -2.32. The summed E-state index contributed by atoms with van der Waals surface area (Å²) in [6.45, 7) is 3.86. The molecule has 1 amide bonds. The maximum Gasteiger partial charge on any atom is 0.246 e. The van der Waals surface area contributed by atoms with E-state index in [1.807, 2.05) is 62.4 Å². The predicted molar refractivity (Wildman–Crippen MR) is 87.0 cm³/mol. The van der Waals surface area contributed by atoms with Crippen LogP contribution in [0.1, 0.15) is 12.5 Å². The fraction of sp³-hybridized carbons (Fsp3) is 0.188. The highest BCUT2D eigenvalue weighted by atomic mass is 79.9. The predicted octanol–water partition coefficient (Wildman–Crippen LogP) is 4.20. The summed E-state index contributed by atoms with van der Waals surface area (Å²) in [5.41, 5.74) is 2.86. The maximum absolute atomic E-state index is 12.1. The zero-order valence-electron chi connectivity index (χ0n) is 11.5. The summed E-state index contributed by atoms with van der Waals surface area (Å²) in [5.74, 6) is -0.0652. The zero-order chi connectivity index (χ0) is 14.5. The topological polar surface area (TPSA) is 41.1 Å². The van der Waals surface area contributed by atoms with Gasteiger partial charge in [-0.1, -0.05) is 24.3 Å². The van der Waals surface area contributed by atoms with Gasteiger partial charge in [-0.2, -0.15) is 0 Å². The molecule has 0 aromatic heterocycles. The number of rotatable bonds is 4. The average Bonchev–Trinajstić information content (AvgIpc) is 2.44. The van der Waals surface area contributed by atoms with Gasteiger partial charge in [-0.05, 0) is 59.6 Å². The lowest BCUT2D eigenvalue weighted by atomic mass is 10.2. The fourth-order valence-corrected chi connectivity index (χ4v) is 2.18. The Morgan fingerprint density at radius 1 is 1.15 bits per heavy atom. The van der Waals surface area contributed by atoms with Crippen LogP contribution in [0.15, 0.2) is 53.0 Å². The molecule has 1 unspecified atom stereocenters. The van der Waals surface area contributed by atoms with E-state index >= 15 is 0 Å². The molecule has 0 bridgehead atoms. The van der Waals surface area contributed by atoms with E-state index in [9.17, 15) is 4.79 Å². The first-order valence-electron chi connectivity index (χ1n) is 6.45. The quantitative estimate of drug-likeness (QED) is 0.881. The second kappa shape index (κ2) is 6.57. The van der Waals surface area contributed by atoms with Gasteiger partial charge < -0.3 is 10.6 Å². The summed E-state index contributed by atoms with van der Waals surface area (Å²) >= 11 is 3.48. The molecular formula is C16H17BrN2O. The van der Waals surface area contributed by atoms with Crippen molar-refractivity contribution in [2.45, 2.75) is 19.9 Å². The number of benzene rings is 2. The van der Waals surface area contributed by atoms with Crippen LogP contribution >= 0.6 is 15.9 Å². The first kappa shape index (κ1) is 14.6. The summed E-state index contributed by atoms with van der Waals surface area (Å²) in [6, 6.07) is 15.1. The molecule has 0 radical (unpaired) electrons. The summed E-state index contributed by atoms with van der Waals surface area (Å²) in [7, 11) is 0. The van der Waals surface area contributed by atoms with Crippen LogP contribution in [0, 0.1) is 6.92 Å². The number of aryl methyl sites for hydroxylation is 1. The molecule has 2 N–H and O–H groups in total. The van der Waals surface area contributed by atoms with E-state index in [4.69, 9.17) is 0 Å². The highest BCUT2D eigenvalue weighted by Gasteiger charge is 2.13. The first-order chi connectivity index (χ1) is 9.56. The van der Waals surface area contributed by atoms with E-state index in [1.165, 1.54) is 0 Å². The number of anilines is 2. The highest BCUT2D eigenvalue weighted by molar-refractivity contribution is 9.10. The van der Waals surface area contributed by atoms with Crippen LogP contribution < -0.4 is 10.6 Å². The van der Waals surface area contributed by atoms with Gasteiger partial charge in [-0.15, -0.1) is 0 Å². The maximum atomic E-state index is 12.1. The van der Waals surface area contributed by atoms with Crippen molar-refractivity contribution in [1.29, 1.82) is 0 Å². The SMILES string of the molecule is Cc1ccc(Br)c(NC(C)C(=O)Nc2ccccc2)c1. The monoisotopic (exact) mass is 332 g/mol. The van der Waals surface area contributed by atoms with Crippen molar-refractivity contribution in [2.75, 3.05) is 10.6 Å². The average molecular weight is 333 g/mol. The van der Waals surface area contributed by atoms with Gasteiger partial charge in [0.1, 0.15) is 6.04 Å². The number of hydrogen-bond acceptors (Lipinski definition) is 2. The molecule has 0 aliphatic heterocycles. The number of amides is 1. The van der Waals surface area contributed by atoms with Gasteiger partial charge in [0, 0.05) is 15.8 Å². The largest absolute Gasteiger partial charge is 0.373 e. The van der Waals surface area contributed by atoms with Crippen LogP contribution in [-0.4, -0.2) is 11.9 Å². The molecule has 0 saturated carbocycles. The molecule has 0 spiro atoms. The number of nitrogens with one attached hydrogen (secondary N) is 2. The Morgan fingerprint density at radius 2 is 1.85 bits per heavy atom. The second-order valence-corrected chi connectivity index (χ2v) is 5.56. The molecule has 2 aromatic carbocycles. The molecule has 0 fully saturated rings. The number of halogens is 1. The van der Waals surface area contributed by atoms with Crippen molar-refractivity contribution < 1.29 is 4.79 Å². The van der Waals surface area contributed by atoms with Gasteiger partial charge >= 0.3 is 0 Å². The summed E-state index contributed by atoms with van der Waals surface area (Å²) in [5, 5.41) is 6.09. The zero-order valence-corrected chi connectivity index (χ0v) is 13.1. The molecule has 20 heavy (non-hydrogen) atoms. The van der Waals surface area contributed by atoms with Crippen molar-refractivity contribution in [2.24, 2.45) is 0 Å². The molecule has 104 valence electrons. The van der Waals surface area contributed by atoms with Crippen molar-refractivity contribution in [1.82, 2.24) is 0 Å². The smallest absolute Gasteiger partial charge is 0.246 e. The van der Waals surface area contributed by atoms with Crippen LogP contribution in [-0.2, 0) is 4.79 Å². The highest BCUT2D eigenvalue weighted by Crippen LogP contribution is 2.24. The molecule has 2 rings (SSSR count). The molecule has 0 saturated heterocycles. The molecular weight excluding hydrogens is 316 g/mol. The van der Waals surface area contributed by atoms with Crippen LogP contribution in [0.25, 0.3) is 0 Å². The van der Waals surface area contributed by atoms with Crippen molar-refractivity contribution in [3.8, 4) is 0 Å². The first-order valence-corrected chi connectivity index (χ1v) is 7.24. The van der Waals surface area contributed by atoms with E-state index in [1.54, 1.807) is 0 Å². The molecule has 0 heterocycles. The van der Waals surface area contributed by atoms with Gasteiger partial charge in [0.05, 0.1) is 0 Å². The third-order valence-electron chi connectivity index (χ3n) is 2.93. The van der Waals surface area contributed by atoms with Gasteiger partial charge in [0.25, 0.3) is 0 Å². The Labute approximate surface area is 127 Å². The van der Waals surface area contributed by atoms with Gasteiger partial charge in [-0.3, -0.25) is 4.79 Å². The van der Waals surface area contributed by atoms with Gasteiger partial charge in [-0.25, -0.2) is 0 Å².